The van der Waals surface area contributed by atoms with Crippen LogP contribution in [0.1, 0.15) is 63.5 Å². The van der Waals surface area contributed by atoms with Crippen LogP contribution in [0, 0.1) is 5.92 Å². The largest absolute Gasteiger partial charge is 0.858 e. The van der Waals surface area contributed by atoms with Gasteiger partial charge in [-0.05, 0) is 36.1 Å². The van der Waals surface area contributed by atoms with Gasteiger partial charge >= 0.3 is 23.8 Å². The van der Waals surface area contributed by atoms with E-state index in [1.165, 1.54) is 24.3 Å². The third kappa shape index (κ3) is 18.4. The molecule has 6 aliphatic rings. The number of hydrogen-bond acceptors (Lipinski definition) is 30. The van der Waals surface area contributed by atoms with E-state index in [9.17, 15) is 91.0 Å². The molecule has 0 spiro atoms. The number of ether oxygens (including phenoxy) is 6. The van der Waals surface area contributed by atoms with Crippen LogP contribution in [0.5, 0.6) is 5.75 Å². The Morgan fingerprint density at radius 1 is 0.690 bits per heavy atom. The molecule has 38 heteroatoms. The van der Waals surface area contributed by atoms with Crippen molar-refractivity contribution in [2.45, 2.75) is 205 Å². The molecule has 0 bridgehead atoms. The summed E-state index contributed by atoms with van der Waals surface area (Å²) in [5.74, 6) is -9.59. The summed E-state index contributed by atoms with van der Waals surface area (Å²) in [5.41, 5.74) is 13.0. The zero-order valence-corrected chi connectivity index (χ0v) is 54.9. The summed E-state index contributed by atoms with van der Waals surface area (Å²) in [6, 6.07) is 1.00. The second kappa shape index (κ2) is 35.3. The Balaban J connectivity index is 1.08. The van der Waals surface area contributed by atoms with Crippen LogP contribution < -0.4 is 63.2 Å². The number of aliphatic hydroxyl groups excluding tert-OH is 14. The van der Waals surface area contributed by atoms with E-state index in [-0.39, 0.29) is 29.8 Å². The number of esters is 1. The van der Waals surface area contributed by atoms with Crippen LogP contribution in [0.15, 0.2) is 59.6 Å². The monoisotopic (exact) mass is 1420 g/mol. The lowest BCUT2D eigenvalue weighted by molar-refractivity contribution is -0.663. The molecule has 2 aromatic carbocycles. The highest BCUT2D eigenvalue weighted by molar-refractivity contribution is 5.97. The number of nitrogens with two attached hydrogens (primary N) is 2. The minimum Gasteiger partial charge on any atom is -0.858 e. The van der Waals surface area contributed by atoms with Gasteiger partial charge in [-0.3, -0.25) is 56.1 Å². The van der Waals surface area contributed by atoms with Gasteiger partial charge in [-0.2, -0.15) is 0 Å². The molecule has 0 radical (unpaired) electrons. The SMILES string of the molecule is CCCC(CCC)C(=O)OC[C@@H]1O[C@@H](O[C@H]2[C@@H](O)[C@@H](O)[C@@H](Oc3ccc(C[C@H]4NC(=O)[C@@H]([C@H](C)c5ccccc5)N=C([O-])C[NH+]=C(O)C(CO)NC(=O)[C@@H]([C@H](O)[C@@H]5CNC(N)=[N+]5[C@@H]5O[C@@H](CO)[C@H](O)[C@H](O)[C@@H]5O)NC(=O)[C@H]([C@H](O)[C@@H]5C[NH+]=C(N)N5)NC4=O)cc3)O[C@@H]2CO)[C@@H](O)[C@@H](O)[C@H]1O. The molecule has 0 aromatic heterocycles. The molecule has 3 saturated heterocycles. The number of carbonyl (C=O) groups excluding carboxylic acids is 5. The van der Waals surface area contributed by atoms with Crippen LogP contribution in [-0.2, 0) is 54.1 Å². The Labute approximate surface area is 572 Å². The summed E-state index contributed by atoms with van der Waals surface area (Å²) in [5, 5.41) is 184. The normalized spacial score (nSPS) is 35.2. The second-order valence-corrected chi connectivity index (χ2v) is 25.4. The van der Waals surface area contributed by atoms with Gasteiger partial charge in [-0.15, -0.1) is 0 Å². The van der Waals surface area contributed by atoms with Gasteiger partial charge in [0, 0.05) is 18.2 Å². The molecule has 1 unspecified atom stereocenters. The van der Waals surface area contributed by atoms with Crippen molar-refractivity contribution in [3.05, 3.63) is 65.7 Å². The highest BCUT2D eigenvalue weighted by atomic mass is 16.7. The van der Waals surface area contributed by atoms with Gasteiger partial charge in [-0.25, -0.2) is 9.57 Å². The lowest BCUT2D eigenvalue weighted by Gasteiger charge is -2.46. The van der Waals surface area contributed by atoms with Crippen molar-refractivity contribution in [2.75, 3.05) is 46.1 Å². The summed E-state index contributed by atoms with van der Waals surface area (Å²) >= 11 is 0. The molecule has 38 nitrogen and oxygen atoms in total. The van der Waals surface area contributed by atoms with Gasteiger partial charge in [0.1, 0.15) is 141 Å². The lowest BCUT2D eigenvalue weighted by Crippen LogP contribution is -2.80. The first-order valence-corrected chi connectivity index (χ1v) is 32.9. The minimum absolute atomic E-state index is 0.0779. The third-order valence-corrected chi connectivity index (χ3v) is 18.4. The molecule has 26 N–H and O–H groups in total. The van der Waals surface area contributed by atoms with Gasteiger partial charge in [0.15, 0.2) is 18.9 Å². The predicted molar refractivity (Wildman–Crippen MR) is 338 cm³/mol. The van der Waals surface area contributed by atoms with E-state index in [2.05, 4.69) is 46.9 Å². The van der Waals surface area contributed by atoms with Crippen LogP contribution >= 0.6 is 0 Å². The summed E-state index contributed by atoms with van der Waals surface area (Å²) in [7, 11) is 0. The van der Waals surface area contributed by atoms with Gasteiger partial charge in [0.2, 0.25) is 36.1 Å². The van der Waals surface area contributed by atoms with E-state index in [4.69, 9.17) is 39.9 Å². The number of rotatable bonds is 23. The van der Waals surface area contributed by atoms with E-state index >= 15 is 9.59 Å². The average molecular weight is 1420 g/mol. The fraction of sp³-hybridized carbons (Fsp3) is 0.661. The molecule has 2 aromatic rings. The van der Waals surface area contributed by atoms with Crippen molar-refractivity contribution >= 4 is 53.3 Å². The molecular formula is C62H94N12O26+2. The molecule has 3 fully saturated rings. The topological polar surface area (TPSA) is 615 Å². The van der Waals surface area contributed by atoms with Crippen molar-refractivity contribution in [3.63, 3.8) is 0 Å². The molecule has 0 saturated carbocycles. The van der Waals surface area contributed by atoms with Gasteiger partial charge in [0.05, 0.1) is 32.3 Å². The van der Waals surface area contributed by atoms with Crippen molar-refractivity contribution in [1.29, 1.82) is 0 Å². The van der Waals surface area contributed by atoms with Gasteiger partial charge in [0.25, 0.3) is 0 Å². The Kier molecular flexibility index (Phi) is 27.6. The van der Waals surface area contributed by atoms with Crippen LogP contribution in [0.4, 0.5) is 0 Å². The molecule has 556 valence electrons. The van der Waals surface area contributed by atoms with E-state index in [0.29, 0.717) is 31.2 Å². The lowest BCUT2D eigenvalue weighted by atomic mass is 9.92. The molecule has 100 heavy (non-hydrogen) atoms. The molecular weight excluding hydrogens is 1330 g/mol. The van der Waals surface area contributed by atoms with E-state index < -0.39 is 246 Å². The number of guanidine groups is 2. The minimum atomic E-state index is -2.31. The summed E-state index contributed by atoms with van der Waals surface area (Å²) in [6.45, 7) is 0.392. The molecule has 6 heterocycles. The maximum absolute atomic E-state index is 15.2. The van der Waals surface area contributed by atoms with Crippen molar-refractivity contribution in [1.82, 2.24) is 31.9 Å². The van der Waals surface area contributed by atoms with E-state index in [1.807, 2.05) is 13.8 Å². The highest BCUT2D eigenvalue weighted by Crippen LogP contribution is 2.32. The zero-order chi connectivity index (χ0) is 73.0. The predicted octanol–water partition coefficient (Wildman–Crippen LogP) is -14.9. The van der Waals surface area contributed by atoms with E-state index in [1.54, 1.807) is 37.3 Å². The second-order valence-electron chi connectivity index (χ2n) is 25.4. The molecule has 8 rings (SSSR count). The maximum atomic E-state index is 15.2. The standard InChI is InChI=1S/C62H92N12O26/c1-4-9-28(10-5-2)58(94)95-24-36-44(82)46(84)49(87)60(99-36)100-51-35(23-77)98-59(50(88)47(51)85)96-29-15-13-26(14-16-29)17-30-53(90)72-39(41(79)31-18-66-61(63)70-31)56(93)73-40(42(80)33-19-67-62(64)74(33)57-48(86)45(83)43(81)34(22-76)97-57)55(92)69-32(21-75)52(89)65-20-37(78)71-38(54(91)68-30)25(3)27-11-7-6-8-12-27/h6-8,11-16,25,28,30-36,38-51,57,59-60,75-77,79-88H,4-5,9-10,17-24H2,1-3H3,(H11,63,64,65,66,67,68,69,70,71,72,73,78,89,90,91,92,93)/p+2/t25-,30-,31+,32?,33+,34+,35-,36+,38-,39+,40-,41-,42-,43+,44+,45+,46+,47+,48+,49+,50-,51-,57-,59+,60+/m1/s1. The number of hydrogen-bond donors (Lipinski definition) is 24. The fourth-order valence-corrected chi connectivity index (χ4v) is 12.6. The first kappa shape index (κ1) is 78.1. The van der Waals surface area contributed by atoms with E-state index in [0.717, 1.165) is 4.58 Å². The number of nitrogens with one attached hydrogen (secondary N) is 8. The first-order chi connectivity index (χ1) is 47.6. The van der Waals surface area contributed by atoms with Gasteiger partial charge < -0.3 is 126 Å². The molecule has 6 aliphatic heterocycles. The maximum Gasteiger partial charge on any atom is 0.358 e. The van der Waals surface area contributed by atoms with Crippen molar-refractivity contribution in [2.24, 2.45) is 22.4 Å². The first-order valence-electron chi connectivity index (χ1n) is 32.9. The summed E-state index contributed by atoms with van der Waals surface area (Å²) in [6.07, 6.45) is -29.4. The zero-order valence-electron chi connectivity index (χ0n) is 54.9. The quantitative estimate of drug-likeness (QED) is 0.0363. The molecule has 0 aliphatic carbocycles. The van der Waals surface area contributed by atoms with Crippen molar-refractivity contribution in [3.8, 4) is 5.75 Å². The van der Waals surface area contributed by atoms with Gasteiger partial charge in [-0.1, -0.05) is 76.1 Å². The van der Waals surface area contributed by atoms with Crippen LogP contribution in [0.25, 0.3) is 0 Å². The Morgan fingerprint density at radius 2 is 1.29 bits per heavy atom. The van der Waals surface area contributed by atoms with Crippen LogP contribution in [0.3, 0.4) is 0 Å². The number of aliphatic hydroxyl groups is 14. The molecule has 25 atom stereocenters. The number of amides is 4. The number of nitrogens with zero attached hydrogens (tertiary/aromatic N) is 2. The average Bonchev–Trinajstić information content (AvgIpc) is 1.45. The number of benzene rings is 2. The Morgan fingerprint density at radius 3 is 1.92 bits per heavy atom. The summed E-state index contributed by atoms with van der Waals surface area (Å²) < 4.78 is 35.5. The fourth-order valence-electron chi connectivity index (χ4n) is 12.6. The van der Waals surface area contributed by atoms with Crippen molar-refractivity contribution < 1.29 is 144 Å². The third-order valence-electron chi connectivity index (χ3n) is 18.4. The number of carbonyl (C=O) groups is 5. The molecule has 4 amide bonds. The summed E-state index contributed by atoms with van der Waals surface area (Å²) in [4.78, 5) is 82.1. The highest BCUT2D eigenvalue weighted by Gasteiger charge is 2.55. The number of aliphatic imine (C=N–C) groups is 1. The Hall–Kier alpha value is -7.61. The Bertz CT molecular complexity index is 3210. The smallest absolute Gasteiger partial charge is 0.358 e. The van der Waals surface area contributed by atoms with Crippen LogP contribution in [0.2, 0.25) is 0 Å². The van der Waals surface area contributed by atoms with Crippen LogP contribution in [-0.4, -0.2) is 322 Å².